The molecule has 0 saturated heterocycles. The van der Waals surface area contributed by atoms with Crippen LogP contribution in [0.15, 0.2) is 11.6 Å². The number of hydrogen-bond donors (Lipinski definition) is 1. The van der Waals surface area contributed by atoms with Gasteiger partial charge in [0, 0.05) is 17.5 Å². The minimum atomic E-state index is -1.02. The third kappa shape index (κ3) is 2.15. The third-order valence-corrected chi connectivity index (χ3v) is 4.51. The summed E-state index contributed by atoms with van der Waals surface area (Å²) in [5, 5.41) is 16.3. The Morgan fingerprint density at radius 1 is 1.47 bits per heavy atom. The summed E-state index contributed by atoms with van der Waals surface area (Å²) in [6.45, 7) is 0. The average Bonchev–Trinajstić information content (AvgIpc) is 3.08. The summed E-state index contributed by atoms with van der Waals surface area (Å²) in [6, 6.07) is 0. The van der Waals surface area contributed by atoms with Gasteiger partial charge in [-0.2, -0.15) is 9.78 Å². The van der Waals surface area contributed by atoms with E-state index in [0.29, 0.717) is 10.8 Å². The van der Waals surface area contributed by atoms with E-state index in [9.17, 15) is 9.90 Å². The molecule has 0 aromatic carbocycles. The molecule has 2 aromatic heterocycles. The lowest BCUT2D eigenvalue weighted by molar-refractivity contribution is 0.0695. The van der Waals surface area contributed by atoms with Gasteiger partial charge in [0.25, 0.3) is 0 Å². The van der Waals surface area contributed by atoms with Gasteiger partial charge in [-0.25, -0.2) is 9.78 Å². The van der Waals surface area contributed by atoms with Crippen LogP contribution >= 0.6 is 22.9 Å². The molecule has 3 rings (SSSR count). The van der Waals surface area contributed by atoms with E-state index in [1.54, 1.807) is 6.20 Å². The lowest BCUT2D eigenvalue weighted by atomic mass is 10.0. The van der Waals surface area contributed by atoms with Gasteiger partial charge >= 0.3 is 5.97 Å². The molecule has 1 aliphatic rings. The van der Waals surface area contributed by atoms with Crippen molar-refractivity contribution < 1.29 is 9.90 Å². The average molecular weight is 298 g/mol. The maximum atomic E-state index is 11.4. The first-order valence-electron chi connectivity index (χ1n) is 6.10. The molecule has 1 N–H and O–H groups in total. The van der Waals surface area contributed by atoms with E-state index in [1.807, 2.05) is 5.38 Å². The maximum absolute atomic E-state index is 11.4. The lowest BCUT2D eigenvalue weighted by Crippen LogP contribution is -2.04. The van der Waals surface area contributed by atoms with E-state index in [0.717, 1.165) is 25.7 Å². The normalized spacial score (nSPS) is 16.1. The zero-order valence-corrected chi connectivity index (χ0v) is 11.6. The Labute approximate surface area is 118 Å². The van der Waals surface area contributed by atoms with E-state index < -0.39 is 5.97 Å². The molecule has 2 aromatic rings. The second-order valence-electron chi connectivity index (χ2n) is 4.56. The highest BCUT2D eigenvalue weighted by atomic mass is 35.5. The van der Waals surface area contributed by atoms with Crippen LogP contribution in [0.2, 0.25) is 5.15 Å². The van der Waals surface area contributed by atoms with Crippen LogP contribution in [0.4, 0.5) is 0 Å². The van der Waals surface area contributed by atoms with Crippen LogP contribution in [0.5, 0.6) is 0 Å². The van der Waals surface area contributed by atoms with Crippen LogP contribution in [0.1, 0.15) is 47.7 Å². The first-order chi connectivity index (χ1) is 9.18. The Bertz CT molecular complexity index is 603. The first kappa shape index (κ1) is 12.6. The molecule has 100 valence electrons. The Morgan fingerprint density at radius 3 is 2.79 bits per heavy atom. The molecule has 2 heterocycles. The monoisotopic (exact) mass is 297 g/mol. The summed E-state index contributed by atoms with van der Waals surface area (Å²) in [4.78, 5) is 15.6. The van der Waals surface area contributed by atoms with Crippen LogP contribution in [0.25, 0.3) is 5.13 Å². The highest BCUT2D eigenvalue weighted by Gasteiger charge is 2.30. The van der Waals surface area contributed by atoms with Crippen LogP contribution in [0.3, 0.4) is 0 Å². The second-order valence-corrected chi connectivity index (χ2v) is 5.80. The molecule has 1 saturated carbocycles. The van der Waals surface area contributed by atoms with E-state index in [-0.39, 0.29) is 16.6 Å². The molecule has 1 fully saturated rings. The largest absolute Gasteiger partial charge is 0.478 e. The summed E-state index contributed by atoms with van der Waals surface area (Å²) >= 11 is 7.56. The number of hydrogen-bond acceptors (Lipinski definition) is 4. The van der Waals surface area contributed by atoms with E-state index in [1.165, 1.54) is 16.0 Å². The van der Waals surface area contributed by atoms with Crippen LogP contribution in [-0.2, 0) is 0 Å². The SMILES string of the molecule is O=C(O)c1c(C2CCCC2)nn(-c2nccs2)c1Cl. The maximum Gasteiger partial charge on any atom is 0.340 e. The van der Waals surface area contributed by atoms with Crippen molar-refractivity contribution in [3.05, 3.63) is 28.0 Å². The molecule has 0 atom stereocenters. The first-order valence-corrected chi connectivity index (χ1v) is 7.36. The molecule has 0 bridgehead atoms. The van der Waals surface area contributed by atoms with Crippen molar-refractivity contribution in [1.29, 1.82) is 0 Å². The van der Waals surface area contributed by atoms with Crippen molar-refractivity contribution in [2.45, 2.75) is 31.6 Å². The zero-order chi connectivity index (χ0) is 13.4. The predicted molar refractivity (Wildman–Crippen MR) is 72.4 cm³/mol. The number of carbonyl (C=O) groups is 1. The summed E-state index contributed by atoms with van der Waals surface area (Å²) in [5.41, 5.74) is 0.731. The number of aromatic nitrogens is 3. The van der Waals surface area contributed by atoms with E-state index in [2.05, 4.69) is 10.1 Å². The van der Waals surface area contributed by atoms with Gasteiger partial charge < -0.3 is 5.11 Å². The number of carboxylic acids is 1. The van der Waals surface area contributed by atoms with Gasteiger partial charge in [0.05, 0.1) is 5.69 Å². The molecule has 0 unspecified atom stereocenters. The molecule has 0 aliphatic heterocycles. The van der Waals surface area contributed by atoms with Crippen molar-refractivity contribution >= 4 is 28.9 Å². The van der Waals surface area contributed by atoms with Crippen molar-refractivity contribution in [2.75, 3.05) is 0 Å². The van der Waals surface area contributed by atoms with Crippen molar-refractivity contribution in [3.63, 3.8) is 0 Å². The standard InChI is InChI=1S/C12H12ClN3O2S/c13-10-8(11(17)18)9(7-3-1-2-4-7)15-16(10)12-14-5-6-19-12/h5-7H,1-4H2,(H,17,18). The van der Waals surface area contributed by atoms with E-state index >= 15 is 0 Å². The van der Waals surface area contributed by atoms with E-state index in [4.69, 9.17) is 11.6 Å². The molecule has 0 radical (unpaired) electrons. The van der Waals surface area contributed by atoms with Crippen molar-refractivity contribution in [1.82, 2.24) is 14.8 Å². The Morgan fingerprint density at radius 2 is 2.21 bits per heavy atom. The molecular formula is C12H12ClN3O2S. The lowest BCUT2D eigenvalue weighted by Gasteiger charge is -2.05. The van der Waals surface area contributed by atoms with Gasteiger partial charge in [0.15, 0.2) is 0 Å². The molecule has 5 nitrogen and oxygen atoms in total. The number of halogens is 1. The van der Waals surface area contributed by atoms with Gasteiger partial charge in [-0.3, -0.25) is 0 Å². The zero-order valence-electron chi connectivity index (χ0n) is 10.0. The van der Waals surface area contributed by atoms with Gasteiger partial charge in [-0.1, -0.05) is 24.4 Å². The number of carboxylic acid groups (broad SMARTS) is 1. The predicted octanol–water partition coefficient (Wildman–Crippen LogP) is 3.34. The minimum absolute atomic E-state index is 0.128. The van der Waals surface area contributed by atoms with Crippen molar-refractivity contribution in [2.24, 2.45) is 0 Å². The fourth-order valence-corrected chi connectivity index (χ4v) is 3.49. The number of aromatic carboxylic acids is 1. The topological polar surface area (TPSA) is 68.0 Å². The second kappa shape index (κ2) is 4.94. The molecule has 7 heteroatoms. The third-order valence-electron chi connectivity index (χ3n) is 3.41. The molecule has 19 heavy (non-hydrogen) atoms. The van der Waals surface area contributed by atoms with Gasteiger partial charge in [0.1, 0.15) is 10.7 Å². The summed E-state index contributed by atoms with van der Waals surface area (Å²) in [7, 11) is 0. The number of rotatable bonds is 3. The highest BCUT2D eigenvalue weighted by molar-refractivity contribution is 7.12. The summed E-state index contributed by atoms with van der Waals surface area (Å²) in [5.74, 6) is -0.820. The fraction of sp³-hybridized carbons (Fsp3) is 0.417. The Balaban J connectivity index is 2.13. The highest BCUT2D eigenvalue weighted by Crippen LogP contribution is 2.38. The fourth-order valence-electron chi connectivity index (χ4n) is 2.54. The summed E-state index contributed by atoms with van der Waals surface area (Å²) in [6.07, 6.45) is 5.83. The number of nitrogens with zero attached hydrogens (tertiary/aromatic N) is 3. The Kier molecular flexibility index (Phi) is 3.28. The van der Waals surface area contributed by atoms with Gasteiger partial charge in [0.2, 0.25) is 5.13 Å². The van der Waals surface area contributed by atoms with Gasteiger partial charge in [-0.15, -0.1) is 11.3 Å². The molecule has 0 spiro atoms. The van der Waals surface area contributed by atoms with Crippen LogP contribution < -0.4 is 0 Å². The summed E-state index contributed by atoms with van der Waals surface area (Å²) < 4.78 is 1.43. The number of thiazole rings is 1. The minimum Gasteiger partial charge on any atom is -0.478 e. The molecule has 0 amide bonds. The van der Waals surface area contributed by atoms with Crippen LogP contribution in [-0.4, -0.2) is 25.8 Å². The Hall–Kier alpha value is -1.40. The quantitative estimate of drug-likeness (QED) is 0.943. The van der Waals surface area contributed by atoms with Crippen molar-refractivity contribution in [3.8, 4) is 5.13 Å². The molecule has 1 aliphatic carbocycles. The van der Waals surface area contributed by atoms with Crippen LogP contribution in [0, 0.1) is 0 Å². The van der Waals surface area contributed by atoms with Gasteiger partial charge in [-0.05, 0) is 12.8 Å². The smallest absolute Gasteiger partial charge is 0.340 e. The molecular weight excluding hydrogens is 286 g/mol.